The molecular formula is C17H31NS. The van der Waals surface area contributed by atoms with E-state index in [0.717, 1.165) is 6.42 Å². The Bertz CT molecular complexity index is 348. The van der Waals surface area contributed by atoms with E-state index in [9.17, 15) is 0 Å². The van der Waals surface area contributed by atoms with E-state index in [4.69, 9.17) is 5.73 Å². The lowest BCUT2D eigenvalue weighted by atomic mass is 9.95. The highest BCUT2D eigenvalue weighted by Gasteiger charge is 2.17. The largest absolute Gasteiger partial charge is 0.323 e. The quantitative estimate of drug-likeness (QED) is 0.599. The first kappa shape index (κ1) is 16.7. The monoisotopic (exact) mass is 281 g/mol. The Morgan fingerprint density at radius 2 is 1.68 bits per heavy atom. The zero-order chi connectivity index (χ0) is 14.3. The van der Waals surface area contributed by atoms with Gasteiger partial charge in [0.25, 0.3) is 0 Å². The maximum atomic E-state index is 6.30. The van der Waals surface area contributed by atoms with Crippen LogP contribution in [-0.4, -0.2) is 0 Å². The van der Waals surface area contributed by atoms with E-state index < -0.39 is 0 Å². The number of nitrogens with two attached hydrogens (primary N) is 1. The number of hydrogen-bond donors (Lipinski definition) is 1. The standard InChI is InChI=1S/C17H31NS/c1-5-6-7-8-9-10-11-14(18)15-12-13-16(19-15)17(2,3)4/h12-14H,5-11,18H2,1-4H3. The lowest BCUT2D eigenvalue weighted by Crippen LogP contribution is -2.09. The van der Waals surface area contributed by atoms with Crippen LogP contribution in [0.5, 0.6) is 0 Å². The number of unbranched alkanes of at least 4 members (excludes halogenated alkanes) is 5. The van der Waals surface area contributed by atoms with E-state index in [1.807, 2.05) is 11.3 Å². The molecule has 2 N–H and O–H groups in total. The smallest absolute Gasteiger partial charge is 0.0389 e. The average molecular weight is 282 g/mol. The zero-order valence-electron chi connectivity index (χ0n) is 13.2. The molecule has 0 saturated carbocycles. The molecule has 0 saturated heterocycles. The van der Waals surface area contributed by atoms with Crippen LogP contribution in [-0.2, 0) is 5.41 Å². The van der Waals surface area contributed by atoms with Crippen molar-refractivity contribution in [3.8, 4) is 0 Å². The molecule has 1 rings (SSSR count). The second-order valence-electron chi connectivity index (χ2n) is 6.61. The highest BCUT2D eigenvalue weighted by Crippen LogP contribution is 2.33. The summed E-state index contributed by atoms with van der Waals surface area (Å²) in [6.07, 6.45) is 9.21. The Morgan fingerprint density at radius 1 is 1.05 bits per heavy atom. The molecule has 1 aromatic rings. The second-order valence-corrected chi connectivity index (χ2v) is 7.73. The van der Waals surface area contributed by atoms with Crippen molar-refractivity contribution in [2.45, 2.75) is 84.1 Å². The minimum Gasteiger partial charge on any atom is -0.323 e. The van der Waals surface area contributed by atoms with Crippen LogP contribution in [0.2, 0.25) is 0 Å². The third-order valence-corrected chi connectivity index (χ3v) is 5.24. The molecule has 0 aliphatic rings. The minimum absolute atomic E-state index is 0.243. The maximum Gasteiger partial charge on any atom is 0.0389 e. The molecule has 110 valence electrons. The highest BCUT2D eigenvalue weighted by molar-refractivity contribution is 7.12. The van der Waals surface area contributed by atoms with E-state index in [1.165, 1.54) is 48.3 Å². The SMILES string of the molecule is CCCCCCCCC(N)c1ccc(C(C)(C)C)s1. The van der Waals surface area contributed by atoms with Gasteiger partial charge in [-0.15, -0.1) is 11.3 Å². The van der Waals surface area contributed by atoms with Gasteiger partial charge in [0, 0.05) is 15.8 Å². The molecule has 0 bridgehead atoms. The molecule has 19 heavy (non-hydrogen) atoms. The molecule has 1 heterocycles. The van der Waals surface area contributed by atoms with Crippen LogP contribution in [0.15, 0.2) is 12.1 Å². The van der Waals surface area contributed by atoms with E-state index in [-0.39, 0.29) is 11.5 Å². The molecule has 0 amide bonds. The van der Waals surface area contributed by atoms with Gasteiger partial charge in [-0.25, -0.2) is 0 Å². The van der Waals surface area contributed by atoms with E-state index in [2.05, 4.69) is 39.8 Å². The molecule has 1 aromatic heterocycles. The van der Waals surface area contributed by atoms with Crippen molar-refractivity contribution in [1.29, 1.82) is 0 Å². The van der Waals surface area contributed by atoms with Crippen molar-refractivity contribution < 1.29 is 0 Å². The third-order valence-electron chi connectivity index (χ3n) is 3.60. The van der Waals surface area contributed by atoms with Crippen LogP contribution in [0.3, 0.4) is 0 Å². The zero-order valence-corrected chi connectivity index (χ0v) is 14.0. The molecule has 1 atom stereocenters. The molecule has 0 spiro atoms. The van der Waals surface area contributed by atoms with E-state index in [1.54, 1.807) is 0 Å². The fourth-order valence-corrected chi connectivity index (χ4v) is 3.34. The summed E-state index contributed by atoms with van der Waals surface area (Å²) in [5.74, 6) is 0. The third kappa shape index (κ3) is 6.09. The van der Waals surface area contributed by atoms with Crippen molar-refractivity contribution in [3.63, 3.8) is 0 Å². The Labute approximate surface area is 123 Å². The maximum absolute atomic E-state index is 6.30. The van der Waals surface area contributed by atoms with Gasteiger partial charge in [0.15, 0.2) is 0 Å². The summed E-state index contributed by atoms with van der Waals surface area (Å²) in [6, 6.07) is 4.72. The van der Waals surface area contributed by atoms with Gasteiger partial charge < -0.3 is 5.73 Å². The number of thiophene rings is 1. The van der Waals surface area contributed by atoms with Crippen molar-refractivity contribution in [3.05, 3.63) is 21.9 Å². The van der Waals surface area contributed by atoms with Gasteiger partial charge >= 0.3 is 0 Å². The highest BCUT2D eigenvalue weighted by atomic mass is 32.1. The van der Waals surface area contributed by atoms with Crippen LogP contribution >= 0.6 is 11.3 Å². The van der Waals surface area contributed by atoms with E-state index >= 15 is 0 Å². The van der Waals surface area contributed by atoms with Crippen molar-refractivity contribution in [1.82, 2.24) is 0 Å². The fraction of sp³-hybridized carbons (Fsp3) is 0.765. The Hall–Kier alpha value is -0.340. The van der Waals surface area contributed by atoms with Crippen LogP contribution in [0, 0.1) is 0 Å². The lowest BCUT2D eigenvalue weighted by Gasteiger charge is -2.16. The van der Waals surface area contributed by atoms with Crippen LogP contribution in [0.25, 0.3) is 0 Å². The predicted octanol–water partition coefficient (Wildman–Crippen LogP) is 5.80. The van der Waals surface area contributed by atoms with E-state index in [0.29, 0.717) is 0 Å². The number of hydrogen-bond acceptors (Lipinski definition) is 2. The summed E-state index contributed by atoms with van der Waals surface area (Å²) in [4.78, 5) is 2.80. The molecule has 0 aliphatic heterocycles. The number of rotatable bonds is 8. The predicted molar refractivity (Wildman–Crippen MR) is 87.9 cm³/mol. The minimum atomic E-state index is 0.243. The molecule has 1 unspecified atom stereocenters. The first-order valence-corrected chi connectivity index (χ1v) is 8.62. The summed E-state index contributed by atoms with van der Waals surface area (Å²) in [5, 5.41) is 0. The first-order chi connectivity index (χ1) is 8.95. The Morgan fingerprint density at radius 3 is 2.26 bits per heavy atom. The molecule has 1 nitrogen and oxygen atoms in total. The summed E-state index contributed by atoms with van der Waals surface area (Å²) >= 11 is 1.89. The summed E-state index contributed by atoms with van der Waals surface area (Å²) in [7, 11) is 0. The van der Waals surface area contributed by atoms with Gasteiger partial charge in [0.2, 0.25) is 0 Å². The van der Waals surface area contributed by atoms with Crippen LogP contribution in [0.4, 0.5) is 0 Å². The Balaban J connectivity index is 2.29. The normalized spacial score (nSPS) is 13.7. The fourth-order valence-electron chi connectivity index (χ4n) is 2.24. The van der Waals surface area contributed by atoms with Crippen LogP contribution < -0.4 is 5.73 Å². The van der Waals surface area contributed by atoms with Crippen molar-refractivity contribution in [2.75, 3.05) is 0 Å². The van der Waals surface area contributed by atoms with Gasteiger partial charge in [-0.2, -0.15) is 0 Å². The van der Waals surface area contributed by atoms with Crippen LogP contribution in [0.1, 0.15) is 88.4 Å². The van der Waals surface area contributed by atoms with Gasteiger partial charge in [-0.05, 0) is 24.0 Å². The molecule has 0 fully saturated rings. The summed E-state index contributed by atoms with van der Waals surface area (Å²) < 4.78 is 0. The lowest BCUT2D eigenvalue weighted by molar-refractivity contribution is 0.551. The summed E-state index contributed by atoms with van der Waals surface area (Å²) in [6.45, 7) is 9.06. The van der Waals surface area contributed by atoms with Gasteiger partial charge in [-0.3, -0.25) is 0 Å². The van der Waals surface area contributed by atoms with Crippen molar-refractivity contribution >= 4 is 11.3 Å². The van der Waals surface area contributed by atoms with Gasteiger partial charge in [0.1, 0.15) is 0 Å². The topological polar surface area (TPSA) is 26.0 Å². The molecule has 2 heteroatoms. The summed E-state index contributed by atoms with van der Waals surface area (Å²) in [5.41, 5.74) is 6.56. The molecule has 0 radical (unpaired) electrons. The first-order valence-electron chi connectivity index (χ1n) is 7.81. The van der Waals surface area contributed by atoms with Gasteiger partial charge in [0.05, 0.1) is 0 Å². The second kappa shape index (κ2) is 8.06. The molecular weight excluding hydrogens is 250 g/mol. The Kier molecular flexibility index (Phi) is 7.09. The van der Waals surface area contributed by atoms with Crippen molar-refractivity contribution in [2.24, 2.45) is 5.73 Å². The molecule has 0 aromatic carbocycles. The average Bonchev–Trinajstić information content (AvgIpc) is 2.82. The van der Waals surface area contributed by atoms with Gasteiger partial charge in [-0.1, -0.05) is 66.2 Å². The molecule has 0 aliphatic carbocycles.